The van der Waals surface area contributed by atoms with Crippen molar-refractivity contribution in [3.63, 3.8) is 0 Å². The van der Waals surface area contributed by atoms with Gasteiger partial charge < -0.3 is 4.90 Å². The highest BCUT2D eigenvalue weighted by atomic mass is 15.0. The minimum Gasteiger partial charge on any atom is -0.309 e. The van der Waals surface area contributed by atoms with Gasteiger partial charge in [-0.3, -0.25) is 0 Å². The average molecular weight is 185 g/mol. The highest BCUT2D eigenvalue weighted by Gasteiger charge is 2.17. The Balaban J connectivity index is 3.66. The summed E-state index contributed by atoms with van der Waals surface area (Å²) >= 11 is 0. The van der Waals surface area contributed by atoms with Gasteiger partial charge >= 0.3 is 0 Å². The van der Waals surface area contributed by atoms with Crippen molar-refractivity contribution in [3.05, 3.63) is 0 Å². The standard InChI is InChI=1S/C12H27N/c1-11(2)7-8-12(3,4)9-10-13(5)6/h11H,7-10H2,1-6H3. The van der Waals surface area contributed by atoms with Crippen LogP contribution in [0, 0.1) is 11.3 Å². The van der Waals surface area contributed by atoms with E-state index in [4.69, 9.17) is 0 Å². The molecule has 0 rings (SSSR count). The van der Waals surface area contributed by atoms with Crippen molar-refractivity contribution in [1.82, 2.24) is 4.90 Å². The summed E-state index contributed by atoms with van der Waals surface area (Å²) in [6.07, 6.45) is 4.03. The van der Waals surface area contributed by atoms with E-state index < -0.39 is 0 Å². The Morgan fingerprint density at radius 3 is 2.00 bits per heavy atom. The molecule has 0 fully saturated rings. The van der Waals surface area contributed by atoms with Crippen LogP contribution in [-0.4, -0.2) is 25.5 Å². The number of hydrogen-bond donors (Lipinski definition) is 0. The van der Waals surface area contributed by atoms with Crippen LogP contribution in [0.1, 0.15) is 47.0 Å². The fourth-order valence-corrected chi connectivity index (χ4v) is 1.33. The Morgan fingerprint density at radius 2 is 1.62 bits per heavy atom. The second-order valence-electron chi connectivity index (χ2n) is 5.65. The fraction of sp³-hybridized carbons (Fsp3) is 1.00. The summed E-state index contributed by atoms with van der Waals surface area (Å²) in [7, 11) is 4.30. The van der Waals surface area contributed by atoms with Crippen LogP contribution in [0.3, 0.4) is 0 Å². The lowest BCUT2D eigenvalue weighted by molar-refractivity contribution is 0.242. The Labute approximate surface area is 84.5 Å². The predicted molar refractivity (Wildman–Crippen MR) is 61.0 cm³/mol. The topological polar surface area (TPSA) is 3.24 Å². The summed E-state index contributed by atoms with van der Waals surface area (Å²) in [4.78, 5) is 2.27. The Morgan fingerprint density at radius 1 is 1.08 bits per heavy atom. The van der Waals surface area contributed by atoms with Gasteiger partial charge in [-0.05, 0) is 44.8 Å². The fourth-order valence-electron chi connectivity index (χ4n) is 1.33. The maximum Gasteiger partial charge on any atom is -0.00197 e. The molecule has 0 heterocycles. The molecule has 0 aromatic rings. The summed E-state index contributed by atoms with van der Waals surface area (Å²) in [6.45, 7) is 10.6. The Hall–Kier alpha value is -0.0400. The minimum atomic E-state index is 0.522. The van der Waals surface area contributed by atoms with E-state index >= 15 is 0 Å². The van der Waals surface area contributed by atoms with E-state index in [9.17, 15) is 0 Å². The molecule has 0 aliphatic heterocycles. The Bertz CT molecular complexity index is 111. The second-order valence-corrected chi connectivity index (χ2v) is 5.65. The van der Waals surface area contributed by atoms with Gasteiger partial charge in [-0.15, -0.1) is 0 Å². The van der Waals surface area contributed by atoms with Crippen LogP contribution < -0.4 is 0 Å². The molecule has 80 valence electrons. The van der Waals surface area contributed by atoms with E-state index in [-0.39, 0.29) is 0 Å². The maximum absolute atomic E-state index is 2.39. The quantitative estimate of drug-likeness (QED) is 0.613. The lowest BCUT2D eigenvalue weighted by Gasteiger charge is -2.27. The first-order valence-electron chi connectivity index (χ1n) is 5.48. The van der Waals surface area contributed by atoms with Crippen molar-refractivity contribution < 1.29 is 0 Å². The normalized spacial score (nSPS) is 12.9. The van der Waals surface area contributed by atoms with E-state index in [0.717, 1.165) is 5.92 Å². The van der Waals surface area contributed by atoms with Gasteiger partial charge in [0.2, 0.25) is 0 Å². The number of rotatable bonds is 6. The van der Waals surface area contributed by atoms with Gasteiger partial charge in [0.05, 0.1) is 0 Å². The highest BCUT2D eigenvalue weighted by molar-refractivity contribution is 4.70. The summed E-state index contributed by atoms with van der Waals surface area (Å²) in [5.74, 6) is 0.846. The molecule has 0 bridgehead atoms. The first-order valence-corrected chi connectivity index (χ1v) is 5.48. The van der Waals surface area contributed by atoms with Crippen LogP contribution in [0.15, 0.2) is 0 Å². The molecular formula is C12H27N. The monoisotopic (exact) mass is 185 g/mol. The van der Waals surface area contributed by atoms with Gasteiger partial charge in [0, 0.05) is 0 Å². The molecule has 0 unspecified atom stereocenters. The van der Waals surface area contributed by atoms with E-state index in [1.807, 2.05) is 0 Å². The third kappa shape index (κ3) is 8.29. The molecule has 0 spiro atoms. The molecular weight excluding hydrogens is 158 g/mol. The molecule has 0 aliphatic rings. The first-order chi connectivity index (χ1) is 5.83. The molecule has 0 amide bonds. The van der Waals surface area contributed by atoms with Crippen molar-refractivity contribution in [2.24, 2.45) is 11.3 Å². The largest absolute Gasteiger partial charge is 0.309 e. The molecule has 0 aliphatic carbocycles. The molecule has 0 N–H and O–H groups in total. The Kier molecular flexibility index (Phi) is 5.62. The van der Waals surface area contributed by atoms with E-state index in [1.165, 1.54) is 25.8 Å². The van der Waals surface area contributed by atoms with Crippen molar-refractivity contribution in [2.75, 3.05) is 20.6 Å². The molecule has 0 aromatic carbocycles. The molecule has 0 radical (unpaired) electrons. The lowest BCUT2D eigenvalue weighted by Crippen LogP contribution is -2.21. The van der Waals surface area contributed by atoms with E-state index in [1.54, 1.807) is 0 Å². The van der Waals surface area contributed by atoms with Crippen LogP contribution in [0.2, 0.25) is 0 Å². The number of hydrogen-bond acceptors (Lipinski definition) is 1. The van der Waals surface area contributed by atoms with Crippen LogP contribution in [0.4, 0.5) is 0 Å². The maximum atomic E-state index is 2.39. The zero-order valence-corrected chi connectivity index (χ0v) is 10.4. The molecule has 0 saturated heterocycles. The highest BCUT2D eigenvalue weighted by Crippen LogP contribution is 2.28. The first kappa shape index (κ1) is 13.0. The molecule has 0 aromatic heterocycles. The van der Waals surface area contributed by atoms with Crippen LogP contribution >= 0.6 is 0 Å². The zero-order valence-electron chi connectivity index (χ0n) is 10.4. The smallest absolute Gasteiger partial charge is 0.00197 e. The molecule has 0 atom stereocenters. The van der Waals surface area contributed by atoms with Gasteiger partial charge in [0.1, 0.15) is 0 Å². The van der Waals surface area contributed by atoms with Gasteiger partial charge in [-0.1, -0.05) is 34.1 Å². The zero-order chi connectivity index (χ0) is 10.5. The van der Waals surface area contributed by atoms with E-state index in [0.29, 0.717) is 5.41 Å². The molecule has 1 heteroatoms. The third-order valence-electron chi connectivity index (χ3n) is 2.63. The summed E-state index contributed by atoms with van der Waals surface area (Å²) < 4.78 is 0. The van der Waals surface area contributed by atoms with Crippen molar-refractivity contribution in [3.8, 4) is 0 Å². The molecule has 0 saturated carbocycles. The number of nitrogens with zero attached hydrogens (tertiary/aromatic N) is 1. The average Bonchev–Trinajstić information content (AvgIpc) is 1.98. The summed E-state index contributed by atoms with van der Waals surface area (Å²) in [5.41, 5.74) is 0.522. The third-order valence-corrected chi connectivity index (χ3v) is 2.63. The molecule has 13 heavy (non-hydrogen) atoms. The van der Waals surface area contributed by atoms with Gasteiger partial charge in [0.15, 0.2) is 0 Å². The summed E-state index contributed by atoms with van der Waals surface area (Å²) in [5, 5.41) is 0. The van der Waals surface area contributed by atoms with Crippen molar-refractivity contribution >= 4 is 0 Å². The van der Waals surface area contributed by atoms with Gasteiger partial charge in [-0.2, -0.15) is 0 Å². The molecule has 1 nitrogen and oxygen atoms in total. The van der Waals surface area contributed by atoms with Crippen molar-refractivity contribution in [1.29, 1.82) is 0 Å². The van der Waals surface area contributed by atoms with Crippen LogP contribution in [-0.2, 0) is 0 Å². The SMILES string of the molecule is CC(C)CCC(C)(C)CCN(C)C. The summed E-state index contributed by atoms with van der Waals surface area (Å²) in [6, 6.07) is 0. The second kappa shape index (κ2) is 5.64. The van der Waals surface area contributed by atoms with E-state index in [2.05, 4.69) is 46.7 Å². The van der Waals surface area contributed by atoms with Crippen molar-refractivity contribution in [2.45, 2.75) is 47.0 Å². The van der Waals surface area contributed by atoms with Gasteiger partial charge in [-0.25, -0.2) is 0 Å². The predicted octanol–water partition coefficient (Wildman–Crippen LogP) is 3.40. The minimum absolute atomic E-state index is 0.522. The van der Waals surface area contributed by atoms with Crippen LogP contribution in [0.5, 0.6) is 0 Å². The lowest BCUT2D eigenvalue weighted by atomic mass is 9.82. The van der Waals surface area contributed by atoms with Crippen LogP contribution in [0.25, 0.3) is 0 Å². The van der Waals surface area contributed by atoms with Gasteiger partial charge in [0.25, 0.3) is 0 Å².